The van der Waals surface area contributed by atoms with E-state index in [0.717, 1.165) is 24.9 Å². The van der Waals surface area contributed by atoms with Gasteiger partial charge in [-0.05, 0) is 44.6 Å². The third-order valence-electron chi connectivity index (χ3n) is 4.43. The molecule has 2 rings (SSSR count). The Morgan fingerprint density at radius 2 is 2.00 bits per heavy atom. The van der Waals surface area contributed by atoms with Gasteiger partial charge in [-0.25, -0.2) is 0 Å². The third kappa shape index (κ3) is 2.24. The number of hydrogen-bond acceptors (Lipinski definition) is 2. The highest BCUT2D eigenvalue weighted by Gasteiger charge is 2.36. The van der Waals surface area contributed by atoms with Crippen molar-refractivity contribution < 1.29 is 0 Å². The molecule has 0 aromatic rings. The van der Waals surface area contributed by atoms with Gasteiger partial charge < -0.3 is 5.73 Å². The first-order valence-electron chi connectivity index (χ1n) is 6.83. The summed E-state index contributed by atoms with van der Waals surface area (Å²) in [6, 6.07) is 0.919. The smallest absolute Gasteiger partial charge is 0.108 e. The van der Waals surface area contributed by atoms with Crippen LogP contribution in [-0.2, 0) is 0 Å². The van der Waals surface area contributed by atoms with Gasteiger partial charge in [-0.1, -0.05) is 19.8 Å². The number of rotatable bonds is 3. The van der Waals surface area contributed by atoms with Crippen LogP contribution in [0.3, 0.4) is 0 Å². The minimum absolute atomic E-state index is 0.200. The molecular formula is C13H25N3. The molecule has 2 aliphatic rings. The Bertz CT molecular complexity index is 250. The number of fused-ring (bicyclic) bond motifs is 1. The minimum atomic E-state index is 0.200. The average molecular weight is 223 g/mol. The van der Waals surface area contributed by atoms with E-state index in [-0.39, 0.29) is 6.04 Å². The molecule has 0 aromatic heterocycles. The normalized spacial score (nSPS) is 33.1. The molecule has 92 valence electrons. The van der Waals surface area contributed by atoms with Crippen molar-refractivity contribution in [3.05, 3.63) is 0 Å². The molecule has 1 heterocycles. The van der Waals surface area contributed by atoms with Crippen molar-refractivity contribution in [1.82, 2.24) is 4.90 Å². The van der Waals surface area contributed by atoms with Gasteiger partial charge in [-0.3, -0.25) is 10.3 Å². The topological polar surface area (TPSA) is 53.1 Å². The maximum absolute atomic E-state index is 7.73. The first-order valence-corrected chi connectivity index (χ1v) is 6.83. The molecule has 3 N–H and O–H groups in total. The first-order chi connectivity index (χ1) is 7.74. The Labute approximate surface area is 98.9 Å². The molecule has 1 saturated carbocycles. The van der Waals surface area contributed by atoms with Crippen molar-refractivity contribution in [1.29, 1.82) is 5.41 Å². The zero-order valence-electron chi connectivity index (χ0n) is 10.4. The Kier molecular flexibility index (Phi) is 3.85. The predicted molar refractivity (Wildman–Crippen MR) is 67.7 cm³/mol. The molecule has 16 heavy (non-hydrogen) atoms. The van der Waals surface area contributed by atoms with Crippen LogP contribution in [0.1, 0.15) is 51.9 Å². The van der Waals surface area contributed by atoms with Crippen LogP contribution >= 0.6 is 0 Å². The number of nitrogens with two attached hydrogens (primary N) is 1. The maximum atomic E-state index is 7.73. The molecule has 0 aromatic carbocycles. The second-order valence-corrected chi connectivity index (χ2v) is 5.37. The highest BCUT2D eigenvalue weighted by atomic mass is 15.2. The van der Waals surface area contributed by atoms with E-state index in [1.165, 1.54) is 38.5 Å². The lowest BCUT2D eigenvalue weighted by Gasteiger charge is -2.47. The summed E-state index contributed by atoms with van der Waals surface area (Å²) in [6.07, 6.45) is 9.18. The lowest BCUT2D eigenvalue weighted by atomic mass is 9.77. The van der Waals surface area contributed by atoms with Crippen LogP contribution < -0.4 is 5.73 Å². The standard InChI is InChI=1S/C13H25N3/c1-2-11(13(14)15)16-9-5-7-10-6-3-4-8-12(10)16/h10-12H,2-9H2,1H3,(H3,14,15)/t10-,11?,12-/m1/s1. The minimum Gasteiger partial charge on any atom is -0.386 e. The van der Waals surface area contributed by atoms with Crippen LogP contribution in [0.15, 0.2) is 0 Å². The van der Waals surface area contributed by atoms with Gasteiger partial charge >= 0.3 is 0 Å². The molecule has 1 aliphatic carbocycles. The molecule has 0 amide bonds. The Morgan fingerprint density at radius 1 is 1.31 bits per heavy atom. The van der Waals surface area contributed by atoms with Gasteiger partial charge in [0.2, 0.25) is 0 Å². The summed E-state index contributed by atoms with van der Waals surface area (Å²) in [5.41, 5.74) is 5.74. The van der Waals surface area contributed by atoms with E-state index in [1.807, 2.05) is 0 Å². The molecule has 1 aliphatic heterocycles. The third-order valence-corrected chi connectivity index (χ3v) is 4.43. The largest absolute Gasteiger partial charge is 0.386 e. The number of piperidine rings is 1. The van der Waals surface area contributed by atoms with E-state index < -0.39 is 0 Å². The fraction of sp³-hybridized carbons (Fsp3) is 0.923. The lowest BCUT2D eigenvalue weighted by molar-refractivity contribution is 0.0441. The van der Waals surface area contributed by atoms with Crippen LogP contribution in [-0.4, -0.2) is 29.4 Å². The Morgan fingerprint density at radius 3 is 2.69 bits per heavy atom. The monoisotopic (exact) mass is 223 g/mol. The lowest BCUT2D eigenvalue weighted by Crippen LogP contribution is -2.55. The molecule has 0 spiro atoms. The van der Waals surface area contributed by atoms with Gasteiger partial charge in [0.1, 0.15) is 5.84 Å². The van der Waals surface area contributed by atoms with E-state index in [2.05, 4.69) is 11.8 Å². The summed E-state index contributed by atoms with van der Waals surface area (Å²) < 4.78 is 0. The van der Waals surface area contributed by atoms with Crippen molar-refractivity contribution in [3.63, 3.8) is 0 Å². The van der Waals surface area contributed by atoms with Crippen LogP contribution in [0.4, 0.5) is 0 Å². The van der Waals surface area contributed by atoms with Crippen molar-refractivity contribution in [2.45, 2.75) is 64.0 Å². The van der Waals surface area contributed by atoms with E-state index >= 15 is 0 Å². The van der Waals surface area contributed by atoms with Crippen LogP contribution in [0.2, 0.25) is 0 Å². The van der Waals surface area contributed by atoms with E-state index in [1.54, 1.807) is 0 Å². The van der Waals surface area contributed by atoms with E-state index in [4.69, 9.17) is 11.1 Å². The van der Waals surface area contributed by atoms with Gasteiger partial charge in [-0.15, -0.1) is 0 Å². The highest BCUT2D eigenvalue weighted by Crippen LogP contribution is 2.36. The Balaban J connectivity index is 2.09. The molecule has 3 heteroatoms. The van der Waals surface area contributed by atoms with Gasteiger partial charge in [-0.2, -0.15) is 0 Å². The molecule has 2 fully saturated rings. The van der Waals surface area contributed by atoms with Gasteiger partial charge in [0.25, 0.3) is 0 Å². The van der Waals surface area contributed by atoms with Crippen LogP contribution in [0.5, 0.6) is 0 Å². The quantitative estimate of drug-likeness (QED) is 0.570. The fourth-order valence-corrected chi connectivity index (χ4v) is 3.68. The fourth-order valence-electron chi connectivity index (χ4n) is 3.68. The summed E-state index contributed by atoms with van der Waals surface area (Å²) in [5.74, 6) is 1.25. The summed E-state index contributed by atoms with van der Waals surface area (Å²) in [5, 5.41) is 7.73. The number of nitrogens with zero attached hydrogens (tertiary/aromatic N) is 1. The first kappa shape index (κ1) is 11.9. The van der Waals surface area contributed by atoms with Crippen molar-refractivity contribution >= 4 is 5.84 Å². The van der Waals surface area contributed by atoms with Gasteiger partial charge in [0.15, 0.2) is 0 Å². The molecule has 1 unspecified atom stereocenters. The number of likely N-dealkylation sites (tertiary alicyclic amines) is 1. The average Bonchev–Trinajstić information content (AvgIpc) is 2.30. The molecule has 3 nitrogen and oxygen atoms in total. The summed E-state index contributed by atoms with van der Waals surface area (Å²) in [6.45, 7) is 3.30. The zero-order valence-corrected chi connectivity index (χ0v) is 10.4. The number of hydrogen-bond donors (Lipinski definition) is 2. The van der Waals surface area contributed by atoms with E-state index in [9.17, 15) is 0 Å². The van der Waals surface area contributed by atoms with Crippen molar-refractivity contribution in [3.8, 4) is 0 Å². The summed E-state index contributed by atoms with van der Waals surface area (Å²) in [4.78, 5) is 2.54. The van der Waals surface area contributed by atoms with E-state index in [0.29, 0.717) is 5.84 Å². The predicted octanol–water partition coefficient (Wildman–Crippen LogP) is 2.36. The van der Waals surface area contributed by atoms with Crippen LogP contribution in [0, 0.1) is 11.3 Å². The van der Waals surface area contributed by atoms with Gasteiger partial charge in [0, 0.05) is 6.04 Å². The molecule has 0 radical (unpaired) electrons. The zero-order chi connectivity index (χ0) is 11.5. The SMILES string of the molecule is CCC(C(=N)N)N1CCC[C@H]2CCCC[C@H]21. The Hall–Kier alpha value is -0.570. The second-order valence-electron chi connectivity index (χ2n) is 5.37. The second kappa shape index (κ2) is 5.17. The molecule has 1 saturated heterocycles. The van der Waals surface area contributed by atoms with Gasteiger partial charge in [0.05, 0.1) is 6.04 Å². The molecule has 3 atom stereocenters. The molecule has 0 bridgehead atoms. The number of amidine groups is 1. The highest BCUT2D eigenvalue weighted by molar-refractivity contribution is 5.82. The number of nitrogens with one attached hydrogen (secondary N) is 1. The summed E-state index contributed by atoms with van der Waals surface area (Å²) in [7, 11) is 0. The van der Waals surface area contributed by atoms with Crippen molar-refractivity contribution in [2.75, 3.05) is 6.54 Å². The maximum Gasteiger partial charge on any atom is 0.108 e. The molecular weight excluding hydrogens is 198 g/mol. The summed E-state index contributed by atoms with van der Waals surface area (Å²) >= 11 is 0. The van der Waals surface area contributed by atoms with Crippen molar-refractivity contribution in [2.24, 2.45) is 11.7 Å². The van der Waals surface area contributed by atoms with Crippen LogP contribution in [0.25, 0.3) is 0 Å².